The highest BCUT2D eigenvalue weighted by Gasteiger charge is 2.26. The molecule has 0 aliphatic carbocycles. The van der Waals surface area contributed by atoms with Crippen LogP contribution in [0, 0.1) is 6.92 Å². The molecule has 0 unspecified atom stereocenters. The molecule has 0 bridgehead atoms. The van der Waals surface area contributed by atoms with E-state index in [1.165, 1.54) is 15.6 Å². The van der Waals surface area contributed by atoms with Gasteiger partial charge in [-0.15, -0.1) is 11.3 Å². The monoisotopic (exact) mass is 455 g/mol. The number of carbonyl (C=O) groups excluding carboxylic acids is 1. The summed E-state index contributed by atoms with van der Waals surface area (Å²) < 4.78 is 37.7. The van der Waals surface area contributed by atoms with E-state index in [1.54, 1.807) is 24.6 Å². The summed E-state index contributed by atoms with van der Waals surface area (Å²) in [7, 11) is -1.94. The minimum Gasteiger partial charge on any atom is -0.465 e. The third-order valence-electron chi connectivity index (χ3n) is 5.11. The number of rotatable bonds is 10. The molecule has 2 aromatic rings. The van der Waals surface area contributed by atoms with Gasteiger partial charge in [0.25, 0.3) is 10.0 Å². The van der Waals surface area contributed by atoms with E-state index in [9.17, 15) is 13.2 Å². The zero-order valence-corrected chi connectivity index (χ0v) is 19.0. The van der Waals surface area contributed by atoms with Crippen LogP contribution in [0.4, 0.5) is 0 Å². The van der Waals surface area contributed by atoms with E-state index in [2.05, 4.69) is 10.2 Å². The van der Waals surface area contributed by atoms with Crippen LogP contribution >= 0.6 is 11.3 Å². The number of furan rings is 1. The maximum atomic E-state index is 12.4. The standard InChI is InChI=1S/C20H29N3O5S2/c1-16-7-8-18(28-16)17(23-10-12-27-13-11-23)15-21-19(24)5-3-9-22(2)30(25,26)20-6-4-14-29-20/h4,6-8,14,17H,3,5,9-13,15H2,1-2H3,(H,21,24)/t17-/m1/s1. The van der Waals surface area contributed by atoms with Crippen molar-refractivity contribution in [2.24, 2.45) is 0 Å². The van der Waals surface area contributed by atoms with Crippen molar-refractivity contribution in [1.29, 1.82) is 0 Å². The molecule has 1 N–H and O–H groups in total. The summed E-state index contributed by atoms with van der Waals surface area (Å²) in [6.45, 7) is 5.52. The van der Waals surface area contributed by atoms with Gasteiger partial charge in [0.15, 0.2) is 0 Å². The number of nitrogens with zero attached hydrogens (tertiary/aromatic N) is 2. The fourth-order valence-electron chi connectivity index (χ4n) is 3.38. The fourth-order valence-corrected chi connectivity index (χ4v) is 5.79. The van der Waals surface area contributed by atoms with Crippen LogP contribution in [-0.4, -0.2) is 70.0 Å². The molecular weight excluding hydrogens is 426 g/mol. The fraction of sp³-hybridized carbons (Fsp3) is 0.550. The molecular formula is C20H29N3O5S2. The van der Waals surface area contributed by atoms with E-state index in [1.807, 2.05) is 19.1 Å². The highest BCUT2D eigenvalue weighted by atomic mass is 32.2. The van der Waals surface area contributed by atoms with Crippen molar-refractivity contribution >= 4 is 27.3 Å². The number of morpholine rings is 1. The lowest BCUT2D eigenvalue weighted by atomic mass is 10.1. The average molecular weight is 456 g/mol. The van der Waals surface area contributed by atoms with Gasteiger partial charge >= 0.3 is 0 Å². The number of thiophene rings is 1. The lowest BCUT2D eigenvalue weighted by Gasteiger charge is -2.33. The van der Waals surface area contributed by atoms with Crippen LogP contribution in [-0.2, 0) is 19.6 Å². The van der Waals surface area contributed by atoms with Gasteiger partial charge in [-0.1, -0.05) is 6.07 Å². The van der Waals surface area contributed by atoms with Crippen molar-refractivity contribution in [3.8, 4) is 0 Å². The molecule has 0 spiro atoms. The molecule has 2 aromatic heterocycles. The molecule has 1 atom stereocenters. The Balaban J connectivity index is 1.48. The van der Waals surface area contributed by atoms with Gasteiger partial charge in [0.1, 0.15) is 15.7 Å². The van der Waals surface area contributed by atoms with Crippen molar-refractivity contribution in [3.63, 3.8) is 0 Å². The molecule has 8 nitrogen and oxygen atoms in total. The Labute approximate surface area is 181 Å². The van der Waals surface area contributed by atoms with Gasteiger partial charge in [-0.25, -0.2) is 12.7 Å². The van der Waals surface area contributed by atoms with Gasteiger partial charge < -0.3 is 14.5 Å². The topological polar surface area (TPSA) is 92.1 Å². The third kappa shape index (κ3) is 5.92. The van der Waals surface area contributed by atoms with Crippen molar-refractivity contribution in [2.45, 2.75) is 30.0 Å². The third-order valence-corrected chi connectivity index (χ3v) is 8.33. The maximum Gasteiger partial charge on any atom is 0.252 e. The minimum atomic E-state index is -3.48. The number of sulfonamides is 1. The van der Waals surface area contributed by atoms with Crippen LogP contribution in [0.25, 0.3) is 0 Å². The van der Waals surface area contributed by atoms with Crippen molar-refractivity contribution in [3.05, 3.63) is 41.2 Å². The zero-order valence-electron chi connectivity index (χ0n) is 17.4. The number of nitrogens with one attached hydrogen (secondary N) is 1. The molecule has 1 aliphatic rings. The first-order chi connectivity index (χ1) is 14.4. The predicted octanol–water partition coefficient (Wildman–Crippen LogP) is 2.24. The van der Waals surface area contributed by atoms with Crippen LogP contribution in [0.15, 0.2) is 38.3 Å². The van der Waals surface area contributed by atoms with Crippen molar-refractivity contribution in [2.75, 3.05) is 46.4 Å². The summed E-state index contributed by atoms with van der Waals surface area (Å²) >= 11 is 1.19. The average Bonchev–Trinajstić information content (AvgIpc) is 3.41. The summed E-state index contributed by atoms with van der Waals surface area (Å²) in [5, 5.41) is 4.72. The predicted molar refractivity (Wildman–Crippen MR) is 115 cm³/mol. The van der Waals surface area contributed by atoms with Gasteiger partial charge in [-0.3, -0.25) is 9.69 Å². The van der Waals surface area contributed by atoms with Gasteiger partial charge in [-0.2, -0.15) is 0 Å². The second-order valence-electron chi connectivity index (χ2n) is 7.28. The molecule has 0 aromatic carbocycles. The maximum absolute atomic E-state index is 12.4. The number of amides is 1. The first-order valence-corrected chi connectivity index (χ1v) is 12.3. The second kappa shape index (κ2) is 10.5. The number of aryl methyl sites for hydroxylation is 1. The Morgan fingerprint density at radius 1 is 1.30 bits per heavy atom. The molecule has 3 rings (SSSR count). The number of hydrogen-bond acceptors (Lipinski definition) is 7. The molecule has 1 saturated heterocycles. The van der Waals surface area contributed by atoms with Crippen molar-refractivity contribution in [1.82, 2.24) is 14.5 Å². The van der Waals surface area contributed by atoms with E-state index in [-0.39, 0.29) is 24.9 Å². The minimum absolute atomic E-state index is 0.0478. The molecule has 1 fully saturated rings. The van der Waals surface area contributed by atoms with E-state index < -0.39 is 10.0 Å². The number of hydrogen-bond donors (Lipinski definition) is 1. The Morgan fingerprint density at radius 2 is 2.07 bits per heavy atom. The SMILES string of the molecule is Cc1ccc([C@@H](CNC(=O)CCCN(C)S(=O)(=O)c2cccs2)N2CCOCC2)o1. The molecule has 10 heteroatoms. The Kier molecular flexibility index (Phi) is 8.06. The molecule has 30 heavy (non-hydrogen) atoms. The van der Waals surface area contributed by atoms with Gasteiger partial charge in [-0.05, 0) is 36.9 Å². The van der Waals surface area contributed by atoms with Crippen LogP contribution in [0.2, 0.25) is 0 Å². The van der Waals surface area contributed by atoms with Gasteiger partial charge in [0.05, 0.1) is 19.3 Å². The number of carbonyl (C=O) groups is 1. The first kappa shape index (κ1) is 23.0. The smallest absolute Gasteiger partial charge is 0.252 e. The lowest BCUT2D eigenvalue weighted by molar-refractivity contribution is -0.121. The van der Waals surface area contributed by atoms with E-state index in [0.717, 1.165) is 24.6 Å². The largest absolute Gasteiger partial charge is 0.465 e. The molecule has 1 aliphatic heterocycles. The summed E-state index contributed by atoms with van der Waals surface area (Å²) in [6.07, 6.45) is 0.715. The van der Waals surface area contributed by atoms with Crippen LogP contribution in [0.1, 0.15) is 30.4 Å². The molecule has 166 valence electrons. The highest BCUT2D eigenvalue weighted by Crippen LogP contribution is 2.23. The van der Waals surface area contributed by atoms with Gasteiger partial charge in [0.2, 0.25) is 5.91 Å². The van der Waals surface area contributed by atoms with E-state index in [0.29, 0.717) is 30.4 Å². The highest BCUT2D eigenvalue weighted by molar-refractivity contribution is 7.91. The summed E-state index contributed by atoms with van der Waals surface area (Å²) in [6, 6.07) is 7.13. The van der Waals surface area contributed by atoms with E-state index >= 15 is 0 Å². The first-order valence-electron chi connectivity index (χ1n) is 10.0. The lowest BCUT2D eigenvalue weighted by Crippen LogP contribution is -2.43. The Hall–Kier alpha value is -1.72. The van der Waals surface area contributed by atoms with Crippen molar-refractivity contribution < 1.29 is 22.4 Å². The second-order valence-corrected chi connectivity index (χ2v) is 10.5. The summed E-state index contributed by atoms with van der Waals surface area (Å²) in [5.41, 5.74) is 0. The Morgan fingerprint density at radius 3 is 2.70 bits per heavy atom. The molecule has 3 heterocycles. The molecule has 0 radical (unpaired) electrons. The summed E-state index contributed by atoms with van der Waals surface area (Å²) in [4.78, 5) is 14.6. The van der Waals surface area contributed by atoms with Crippen LogP contribution in [0.5, 0.6) is 0 Å². The normalized spacial score (nSPS) is 16.6. The van der Waals surface area contributed by atoms with Gasteiger partial charge in [0, 0.05) is 39.6 Å². The number of ether oxygens (including phenoxy) is 1. The quantitative estimate of drug-likeness (QED) is 0.591. The molecule has 0 saturated carbocycles. The van der Waals surface area contributed by atoms with E-state index in [4.69, 9.17) is 9.15 Å². The Bertz CT molecular complexity index is 905. The van der Waals surface area contributed by atoms with Crippen LogP contribution < -0.4 is 5.32 Å². The zero-order chi connectivity index (χ0) is 21.6. The molecule has 1 amide bonds. The summed E-state index contributed by atoms with van der Waals surface area (Å²) in [5.74, 6) is 1.57. The van der Waals surface area contributed by atoms with Crippen LogP contribution in [0.3, 0.4) is 0 Å².